The van der Waals surface area contributed by atoms with Crippen LogP contribution < -0.4 is 11.1 Å². The van der Waals surface area contributed by atoms with Gasteiger partial charge in [0.15, 0.2) is 0 Å². The van der Waals surface area contributed by atoms with Crippen molar-refractivity contribution in [3.63, 3.8) is 0 Å². The Kier molecular flexibility index (Phi) is 7.12. The van der Waals surface area contributed by atoms with Crippen LogP contribution in [0.4, 0.5) is 0 Å². The third-order valence-electron chi connectivity index (χ3n) is 4.67. The summed E-state index contributed by atoms with van der Waals surface area (Å²) in [7, 11) is 0. The summed E-state index contributed by atoms with van der Waals surface area (Å²) in [5.41, 5.74) is 6.01. The van der Waals surface area contributed by atoms with E-state index >= 15 is 0 Å². The topological polar surface area (TPSA) is 84.7 Å². The lowest BCUT2D eigenvalue weighted by molar-refractivity contribution is -0.131. The molecule has 0 saturated carbocycles. The Morgan fingerprint density at radius 3 is 2.41 bits per heavy atom. The molecule has 3 N–H and O–H groups in total. The van der Waals surface area contributed by atoms with Gasteiger partial charge in [0.05, 0.1) is 6.04 Å². The molecule has 126 valence electrons. The third-order valence-corrected chi connectivity index (χ3v) is 4.67. The van der Waals surface area contributed by atoms with Gasteiger partial charge in [-0.05, 0) is 31.6 Å². The highest BCUT2D eigenvalue weighted by Crippen LogP contribution is 2.17. The van der Waals surface area contributed by atoms with Crippen LogP contribution >= 0.6 is 0 Å². The summed E-state index contributed by atoms with van der Waals surface area (Å²) in [6.07, 6.45) is 6.63. The minimum Gasteiger partial charge on any atom is -0.381 e. The second-order valence-electron chi connectivity index (χ2n) is 6.31. The largest absolute Gasteiger partial charge is 0.381 e. The highest BCUT2D eigenvalue weighted by molar-refractivity contribution is 5.83. The number of amides is 2. The molecule has 1 atom stereocenters. The molecule has 2 amide bonds. The van der Waals surface area contributed by atoms with Gasteiger partial charge in [-0.2, -0.15) is 0 Å². The van der Waals surface area contributed by atoms with E-state index < -0.39 is 6.04 Å². The van der Waals surface area contributed by atoms with Crippen LogP contribution in [0.2, 0.25) is 0 Å². The zero-order valence-corrected chi connectivity index (χ0v) is 13.4. The van der Waals surface area contributed by atoms with E-state index in [0.29, 0.717) is 26.2 Å². The van der Waals surface area contributed by atoms with Crippen LogP contribution in [0.15, 0.2) is 0 Å². The fourth-order valence-corrected chi connectivity index (χ4v) is 3.18. The summed E-state index contributed by atoms with van der Waals surface area (Å²) in [5, 5.41) is 2.81. The zero-order chi connectivity index (χ0) is 15.8. The van der Waals surface area contributed by atoms with E-state index in [0.717, 1.165) is 38.8 Å². The van der Waals surface area contributed by atoms with Crippen molar-refractivity contribution in [2.75, 3.05) is 32.8 Å². The van der Waals surface area contributed by atoms with Crippen LogP contribution in [0, 0.1) is 5.92 Å². The number of ether oxygens (including phenoxy) is 1. The zero-order valence-electron chi connectivity index (χ0n) is 13.4. The van der Waals surface area contributed by atoms with Crippen molar-refractivity contribution in [2.45, 2.75) is 51.0 Å². The molecule has 2 fully saturated rings. The molecule has 0 spiro atoms. The van der Waals surface area contributed by atoms with E-state index in [9.17, 15) is 9.59 Å². The van der Waals surface area contributed by atoms with E-state index in [1.54, 1.807) is 0 Å². The Balaban J connectivity index is 1.66. The van der Waals surface area contributed by atoms with Gasteiger partial charge in [-0.25, -0.2) is 0 Å². The summed E-state index contributed by atoms with van der Waals surface area (Å²) >= 11 is 0. The predicted molar refractivity (Wildman–Crippen MR) is 84.2 cm³/mol. The van der Waals surface area contributed by atoms with Crippen molar-refractivity contribution >= 4 is 11.8 Å². The number of rotatable bonds is 5. The molecule has 6 heteroatoms. The Hall–Kier alpha value is -1.14. The van der Waals surface area contributed by atoms with E-state index in [1.165, 1.54) is 12.8 Å². The van der Waals surface area contributed by atoms with Gasteiger partial charge < -0.3 is 20.7 Å². The SMILES string of the molecule is NC(C(=O)NCCC(=O)N1CCCCCC1)C1CCOCC1. The summed E-state index contributed by atoms with van der Waals surface area (Å²) in [4.78, 5) is 26.1. The van der Waals surface area contributed by atoms with Gasteiger partial charge in [0.25, 0.3) is 0 Å². The average Bonchev–Trinajstić information content (AvgIpc) is 2.84. The molecule has 1 unspecified atom stereocenters. The lowest BCUT2D eigenvalue weighted by Crippen LogP contribution is -2.47. The average molecular weight is 311 g/mol. The maximum atomic E-state index is 12.1. The molecular formula is C16H29N3O3. The van der Waals surface area contributed by atoms with Gasteiger partial charge in [-0.1, -0.05) is 12.8 Å². The number of nitrogens with two attached hydrogens (primary N) is 1. The van der Waals surface area contributed by atoms with Gasteiger partial charge in [-0.3, -0.25) is 9.59 Å². The highest BCUT2D eigenvalue weighted by atomic mass is 16.5. The van der Waals surface area contributed by atoms with E-state index in [-0.39, 0.29) is 17.7 Å². The molecule has 6 nitrogen and oxygen atoms in total. The maximum Gasteiger partial charge on any atom is 0.237 e. The number of carbonyl (C=O) groups is 2. The third kappa shape index (κ3) is 5.25. The number of nitrogens with one attached hydrogen (secondary N) is 1. The number of nitrogens with zero attached hydrogens (tertiary/aromatic N) is 1. The smallest absolute Gasteiger partial charge is 0.237 e. The fourth-order valence-electron chi connectivity index (χ4n) is 3.18. The standard InChI is InChI=1S/C16H29N3O3/c17-15(13-6-11-22-12-7-13)16(21)18-8-5-14(20)19-9-3-1-2-4-10-19/h13,15H,1-12,17H2,(H,18,21). The normalized spacial score (nSPS) is 22.0. The Morgan fingerprint density at radius 2 is 1.77 bits per heavy atom. The second-order valence-corrected chi connectivity index (χ2v) is 6.31. The summed E-state index contributed by atoms with van der Waals surface area (Å²) < 4.78 is 5.28. The second kappa shape index (κ2) is 9.10. The van der Waals surface area contributed by atoms with Crippen LogP contribution in [-0.2, 0) is 14.3 Å². The minimum absolute atomic E-state index is 0.141. The molecule has 2 saturated heterocycles. The molecule has 0 aromatic carbocycles. The van der Waals surface area contributed by atoms with Gasteiger partial charge in [0.1, 0.15) is 0 Å². The lowest BCUT2D eigenvalue weighted by Gasteiger charge is -2.27. The predicted octanol–water partition coefficient (Wildman–Crippen LogP) is 0.649. The summed E-state index contributed by atoms with van der Waals surface area (Å²) in [6.45, 7) is 3.45. The van der Waals surface area contributed by atoms with Crippen molar-refractivity contribution in [2.24, 2.45) is 11.7 Å². The highest BCUT2D eigenvalue weighted by Gasteiger charge is 2.26. The van der Waals surface area contributed by atoms with Gasteiger partial charge in [0, 0.05) is 39.3 Å². The quantitative estimate of drug-likeness (QED) is 0.781. The molecule has 2 aliphatic rings. The molecule has 2 aliphatic heterocycles. The van der Waals surface area contributed by atoms with Crippen LogP contribution in [-0.4, -0.2) is 55.6 Å². The summed E-state index contributed by atoms with van der Waals surface area (Å²) in [5.74, 6) is 0.187. The molecule has 2 rings (SSSR count). The summed E-state index contributed by atoms with van der Waals surface area (Å²) in [6, 6.07) is -0.489. The molecular weight excluding hydrogens is 282 g/mol. The number of carbonyl (C=O) groups excluding carboxylic acids is 2. The van der Waals surface area contributed by atoms with E-state index in [4.69, 9.17) is 10.5 Å². The van der Waals surface area contributed by atoms with Crippen molar-refractivity contribution < 1.29 is 14.3 Å². The van der Waals surface area contributed by atoms with E-state index in [2.05, 4.69) is 5.32 Å². The van der Waals surface area contributed by atoms with Crippen LogP contribution in [0.1, 0.15) is 44.9 Å². The first-order valence-electron chi connectivity index (χ1n) is 8.57. The Morgan fingerprint density at radius 1 is 1.14 bits per heavy atom. The molecule has 0 bridgehead atoms. The fraction of sp³-hybridized carbons (Fsp3) is 0.875. The first-order valence-corrected chi connectivity index (χ1v) is 8.57. The van der Waals surface area contributed by atoms with Crippen LogP contribution in [0.3, 0.4) is 0 Å². The van der Waals surface area contributed by atoms with Crippen molar-refractivity contribution in [1.82, 2.24) is 10.2 Å². The molecule has 0 radical (unpaired) electrons. The number of hydrogen-bond donors (Lipinski definition) is 2. The number of likely N-dealkylation sites (tertiary alicyclic amines) is 1. The first kappa shape index (κ1) is 17.2. The Bertz CT molecular complexity index is 362. The monoisotopic (exact) mass is 311 g/mol. The van der Waals surface area contributed by atoms with Crippen LogP contribution in [0.5, 0.6) is 0 Å². The molecule has 0 aliphatic carbocycles. The van der Waals surface area contributed by atoms with E-state index in [1.807, 2.05) is 4.90 Å². The van der Waals surface area contributed by atoms with Crippen molar-refractivity contribution in [3.05, 3.63) is 0 Å². The lowest BCUT2D eigenvalue weighted by atomic mass is 9.92. The van der Waals surface area contributed by atoms with Crippen molar-refractivity contribution in [3.8, 4) is 0 Å². The first-order chi connectivity index (χ1) is 10.7. The van der Waals surface area contributed by atoms with Gasteiger partial charge in [-0.15, -0.1) is 0 Å². The number of hydrogen-bond acceptors (Lipinski definition) is 4. The van der Waals surface area contributed by atoms with Crippen LogP contribution in [0.25, 0.3) is 0 Å². The molecule has 0 aromatic heterocycles. The maximum absolute atomic E-state index is 12.1. The van der Waals surface area contributed by atoms with Crippen molar-refractivity contribution in [1.29, 1.82) is 0 Å². The molecule has 22 heavy (non-hydrogen) atoms. The molecule has 0 aromatic rings. The van der Waals surface area contributed by atoms with Gasteiger partial charge in [0.2, 0.25) is 11.8 Å². The molecule has 2 heterocycles. The Labute approximate surface area is 132 Å². The van der Waals surface area contributed by atoms with Gasteiger partial charge >= 0.3 is 0 Å². The minimum atomic E-state index is -0.489.